The van der Waals surface area contributed by atoms with Crippen LogP contribution in [0.1, 0.15) is 31.4 Å². The number of carbonyl (C=O) groups is 1. The third kappa shape index (κ3) is 4.14. The van der Waals surface area contributed by atoms with Crippen molar-refractivity contribution < 1.29 is 4.79 Å². The second kappa shape index (κ2) is 7.18. The van der Waals surface area contributed by atoms with Crippen molar-refractivity contribution in [3.05, 3.63) is 28.7 Å². The minimum absolute atomic E-state index is 0.335. The van der Waals surface area contributed by atoms with Gasteiger partial charge in [-0.05, 0) is 25.2 Å². The number of carbonyl (C=O) groups excluding carboxylic acids is 1. The Morgan fingerprint density at radius 2 is 2.29 bits per heavy atom. The van der Waals surface area contributed by atoms with Gasteiger partial charge in [0.05, 0.1) is 11.2 Å². The van der Waals surface area contributed by atoms with Crippen molar-refractivity contribution in [1.29, 1.82) is 0 Å². The zero-order valence-corrected chi connectivity index (χ0v) is 13.2. The van der Waals surface area contributed by atoms with Crippen molar-refractivity contribution in [3.63, 3.8) is 0 Å². The van der Waals surface area contributed by atoms with Gasteiger partial charge in [0.25, 0.3) is 0 Å². The highest BCUT2D eigenvalue weighted by Crippen LogP contribution is 2.21. The van der Waals surface area contributed by atoms with Crippen molar-refractivity contribution >= 4 is 17.2 Å². The van der Waals surface area contributed by atoms with Gasteiger partial charge < -0.3 is 4.90 Å². The largest absolute Gasteiger partial charge is 0.341 e. The van der Waals surface area contributed by atoms with Gasteiger partial charge in [0, 0.05) is 44.5 Å². The smallest absolute Gasteiger partial charge is 0.223 e. The fourth-order valence-corrected chi connectivity index (χ4v) is 3.69. The van der Waals surface area contributed by atoms with Crippen molar-refractivity contribution in [2.45, 2.75) is 32.2 Å². The molecule has 1 fully saturated rings. The fraction of sp³-hybridized carbons (Fsp3) is 0.625. The Labute approximate surface area is 130 Å². The van der Waals surface area contributed by atoms with Crippen LogP contribution in [0, 0.1) is 5.92 Å². The normalized spacial score (nSPS) is 23.4. The average molecular weight is 305 g/mol. The predicted molar refractivity (Wildman–Crippen MR) is 85.1 cm³/mol. The summed E-state index contributed by atoms with van der Waals surface area (Å²) in [7, 11) is 0. The Morgan fingerprint density at radius 1 is 1.33 bits per heavy atom. The van der Waals surface area contributed by atoms with E-state index in [2.05, 4.69) is 32.3 Å². The van der Waals surface area contributed by atoms with Gasteiger partial charge in [-0.1, -0.05) is 12.2 Å². The zero-order chi connectivity index (χ0) is 14.5. The number of hydrogen-bond acceptors (Lipinski definition) is 4. The van der Waals surface area contributed by atoms with Gasteiger partial charge in [-0.15, -0.1) is 11.3 Å². The van der Waals surface area contributed by atoms with Gasteiger partial charge in [-0.2, -0.15) is 0 Å². The van der Waals surface area contributed by atoms with Gasteiger partial charge in [0.1, 0.15) is 0 Å². The van der Waals surface area contributed by atoms with Crippen LogP contribution >= 0.6 is 11.3 Å². The second-order valence-corrected chi connectivity index (χ2v) is 6.68. The molecule has 0 aromatic carbocycles. The molecule has 1 aromatic heterocycles. The molecule has 0 radical (unpaired) electrons. The summed E-state index contributed by atoms with van der Waals surface area (Å²) in [5.41, 5.74) is 3.04. The third-order valence-electron chi connectivity index (χ3n) is 4.36. The summed E-state index contributed by atoms with van der Waals surface area (Å²) in [5, 5.41) is 2.11. The molecule has 1 unspecified atom stereocenters. The lowest BCUT2D eigenvalue weighted by atomic mass is 10.0. The van der Waals surface area contributed by atoms with Gasteiger partial charge in [-0.25, -0.2) is 4.98 Å². The first kappa shape index (κ1) is 14.7. The van der Waals surface area contributed by atoms with Gasteiger partial charge in [0.2, 0.25) is 5.91 Å². The summed E-state index contributed by atoms with van der Waals surface area (Å²) in [6.07, 6.45) is 8.47. The lowest BCUT2D eigenvalue weighted by molar-refractivity contribution is -0.131. The van der Waals surface area contributed by atoms with Crippen LogP contribution in [0.15, 0.2) is 23.0 Å². The van der Waals surface area contributed by atoms with E-state index in [-0.39, 0.29) is 0 Å². The van der Waals surface area contributed by atoms with Crippen LogP contribution in [-0.4, -0.2) is 46.9 Å². The highest BCUT2D eigenvalue weighted by molar-refractivity contribution is 7.07. The first-order valence-corrected chi connectivity index (χ1v) is 8.79. The van der Waals surface area contributed by atoms with Crippen LogP contribution in [0.2, 0.25) is 0 Å². The Hall–Kier alpha value is -1.20. The van der Waals surface area contributed by atoms with E-state index in [1.54, 1.807) is 11.3 Å². The molecule has 4 nitrogen and oxygen atoms in total. The second-order valence-electron chi connectivity index (χ2n) is 5.96. The van der Waals surface area contributed by atoms with Gasteiger partial charge in [0.15, 0.2) is 0 Å². The zero-order valence-electron chi connectivity index (χ0n) is 12.4. The van der Waals surface area contributed by atoms with Crippen LogP contribution in [0.3, 0.4) is 0 Å². The van der Waals surface area contributed by atoms with Crippen molar-refractivity contribution in [2.75, 3.05) is 26.2 Å². The number of thiazole rings is 1. The molecule has 1 aromatic rings. The summed E-state index contributed by atoms with van der Waals surface area (Å²) in [4.78, 5) is 21.2. The van der Waals surface area contributed by atoms with Crippen LogP contribution < -0.4 is 0 Å². The number of hydrogen-bond donors (Lipinski definition) is 0. The molecule has 0 bridgehead atoms. The minimum atomic E-state index is 0.335. The first-order valence-electron chi connectivity index (χ1n) is 7.85. The number of nitrogens with zero attached hydrogens (tertiary/aromatic N) is 3. The van der Waals surface area contributed by atoms with Crippen LogP contribution in [-0.2, 0) is 11.3 Å². The van der Waals surface area contributed by atoms with E-state index in [9.17, 15) is 4.79 Å². The van der Waals surface area contributed by atoms with E-state index in [0.717, 1.165) is 57.7 Å². The lowest BCUT2D eigenvalue weighted by Gasteiger charge is -2.22. The quantitative estimate of drug-likeness (QED) is 0.802. The highest BCUT2D eigenvalue weighted by Gasteiger charge is 2.22. The summed E-state index contributed by atoms with van der Waals surface area (Å²) in [6.45, 7) is 4.70. The van der Waals surface area contributed by atoms with E-state index in [1.807, 2.05) is 5.51 Å². The van der Waals surface area contributed by atoms with Crippen LogP contribution in [0.4, 0.5) is 0 Å². The standard InChI is InChI=1S/C16H23N3OS/c20-16(10-14-4-1-2-5-14)19-7-3-6-18(8-9-19)11-15-12-21-13-17-15/h1,4,12-14H,2-3,5-11H2. The lowest BCUT2D eigenvalue weighted by Crippen LogP contribution is -2.35. The van der Waals surface area contributed by atoms with E-state index >= 15 is 0 Å². The van der Waals surface area contributed by atoms with Crippen molar-refractivity contribution in [1.82, 2.24) is 14.8 Å². The summed E-state index contributed by atoms with van der Waals surface area (Å²) >= 11 is 1.65. The maximum Gasteiger partial charge on any atom is 0.223 e. The molecule has 114 valence electrons. The monoisotopic (exact) mass is 305 g/mol. The number of allylic oxidation sites excluding steroid dienone is 2. The molecule has 21 heavy (non-hydrogen) atoms. The van der Waals surface area contributed by atoms with Crippen LogP contribution in [0.5, 0.6) is 0 Å². The molecule has 0 spiro atoms. The molecule has 5 heteroatoms. The molecule has 2 aliphatic rings. The molecular formula is C16H23N3OS. The molecule has 3 rings (SSSR count). The molecule has 1 amide bonds. The van der Waals surface area contributed by atoms with E-state index in [4.69, 9.17) is 0 Å². The third-order valence-corrected chi connectivity index (χ3v) is 4.99. The Kier molecular flexibility index (Phi) is 5.04. The number of rotatable bonds is 4. The predicted octanol–water partition coefficient (Wildman–Crippen LogP) is 2.53. The Morgan fingerprint density at radius 3 is 3.05 bits per heavy atom. The maximum atomic E-state index is 12.4. The molecule has 2 heterocycles. The van der Waals surface area contributed by atoms with Gasteiger partial charge in [-0.3, -0.25) is 9.69 Å². The first-order chi connectivity index (χ1) is 10.3. The molecule has 0 saturated carbocycles. The van der Waals surface area contributed by atoms with E-state index < -0.39 is 0 Å². The van der Waals surface area contributed by atoms with Gasteiger partial charge >= 0.3 is 0 Å². The average Bonchev–Trinajstić information content (AvgIpc) is 3.11. The molecule has 1 atom stereocenters. The Bertz CT molecular complexity index is 486. The van der Waals surface area contributed by atoms with E-state index in [0.29, 0.717) is 18.2 Å². The summed E-state index contributed by atoms with van der Waals surface area (Å²) in [5.74, 6) is 0.814. The molecule has 1 aliphatic heterocycles. The number of amides is 1. The number of aromatic nitrogens is 1. The molecule has 1 aliphatic carbocycles. The highest BCUT2D eigenvalue weighted by atomic mass is 32.1. The maximum absolute atomic E-state index is 12.4. The van der Waals surface area contributed by atoms with Crippen LogP contribution in [0.25, 0.3) is 0 Å². The molecule has 1 saturated heterocycles. The minimum Gasteiger partial charge on any atom is -0.341 e. The molecular weight excluding hydrogens is 282 g/mol. The topological polar surface area (TPSA) is 36.4 Å². The molecule has 0 N–H and O–H groups in total. The fourth-order valence-electron chi connectivity index (χ4n) is 3.14. The Balaban J connectivity index is 1.48. The van der Waals surface area contributed by atoms with E-state index in [1.165, 1.54) is 0 Å². The summed E-state index contributed by atoms with van der Waals surface area (Å²) < 4.78 is 0. The van der Waals surface area contributed by atoms with Crippen molar-refractivity contribution in [3.8, 4) is 0 Å². The van der Waals surface area contributed by atoms with Crippen molar-refractivity contribution in [2.24, 2.45) is 5.92 Å². The SMILES string of the molecule is O=C(CC1C=CCC1)N1CCCN(Cc2cscn2)CC1. The summed E-state index contributed by atoms with van der Waals surface area (Å²) in [6, 6.07) is 0.